The molecule has 0 spiro atoms. The van der Waals surface area contributed by atoms with Gasteiger partial charge in [0.25, 0.3) is 0 Å². The molecule has 0 radical (unpaired) electrons. The molecule has 19 heteroatoms. The Kier molecular flexibility index (Phi) is 64.6. The van der Waals surface area contributed by atoms with E-state index in [9.17, 15) is 43.2 Å². The highest BCUT2D eigenvalue weighted by Crippen LogP contribution is 2.45. The third-order valence-corrected chi connectivity index (χ3v) is 19.8. The Hall–Kier alpha value is -1.94. The molecule has 4 unspecified atom stereocenters. The van der Waals surface area contributed by atoms with Gasteiger partial charge in [0.15, 0.2) is 12.2 Å². The Bertz CT molecular complexity index is 1810. The van der Waals surface area contributed by atoms with E-state index in [1.165, 1.54) is 199 Å². The zero-order valence-corrected chi connectivity index (χ0v) is 62.3. The van der Waals surface area contributed by atoms with Crippen LogP contribution < -0.4 is 0 Å². The van der Waals surface area contributed by atoms with E-state index in [0.717, 1.165) is 102 Å². The highest BCUT2D eigenvalue weighted by Gasteiger charge is 2.30. The molecule has 3 N–H and O–H groups in total. The first kappa shape index (κ1) is 91.1. The Balaban J connectivity index is 5.23. The van der Waals surface area contributed by atoms with Crippen LogP contribution in [0.4, 0.5) is 0 Å². The molecule has 17 nitrogen and oxygen atoms in total. The van der Waals surface area contributed by atoms with Gasteiger partial charge in [0.2, 0.25) is 0 Å². The molecule has 7 atom stereocenters. The number of aliphatic hydroxyl groups is 1. The first-order valence-electron chi connectivity index (χ1n) is 38.6. The van der Waals surface area contributed by atoms with Gasteiger partial charge in [0, 0.05) is 25.7 Å². The lowest BCUT2D eigenvalue weighted by Gasteiger charge is -2.21. The highest BCUT2D eigenvalue weighted by molar-refractivity contribution is 7.47. The molecule has 0 fully saturated rings. The minimum Gasteiger partial charge on any atom is -0.462 e. The van der Waals surface area contributed by atoms with Crippen LogP contribution >= 0.6 is 15.6 Å². The van der Waals surface area contributed by atoms with Gasteiger partial charge in [-0.15, -0.1) is 0 Å². The highest BCUT2D eigenvalue weighted by atomic mass is 31.2. The van der Waals surface area contributed by atoms with Gasteiger partial charge in [-0.2, -0.15) is 0 Å². The van der Waals surface area contributed by atoms with Crippen LogP contribution in [0.15, 0.2) is 0 Å². The van der Waals surface area contributed by atoms with Crippen molar-refractivity contribution in [3.63, 3.8) is 0 Å². The number of carbonyl (C=O) groups excluding carboxylic acids is 4. The Labute approximate surface area is 568 Å². The first-order valence-corrected chi connectivity index (χ1v) is 41.6. The number of hydrogen-bond donors (Lipinski definition) is 3. The molecule has 0 amide bonds. The minimum absolute atomic E-state index is 0.105. The average molecular weight is 1370 g/mol. The average Bonchev–Trinajstić information content (AvgIpc) is 3.76. The van der Waals surface area contributed by atoms with E-state index >= 15 is 0 Å². The third kappa shape index (κ3) is 65.8. The van der Waals surface area contributed by atoms with E-state index in [1.54, 1.807) is 0 Å². The fourth-order valence-electron chi connectivity index (χ4n) is 11.2. The molecule has 0 aliphatic carbocycles. The Morgan fingerprint density at radius 3 is 0.763 bits per heavy atom. The molecule has 552 valence electrons. The van der Waals surface area contributed by atoms with Crippen molar-refractivity contribution in [3.05, 3.63) is 0 Å². The normalized spacial score (nSPS) is 14.6. The van der Waals surface area contributed by atoms with Crippen LogP contribution in [0.2, 0.25) is 0 Å². The molecule has 0 bridgehead atoms. The summed E-state index contributed by atoms with van der Waals surface area (Å²) in [7, 11) is -9.91. The summed E-state index contributed by atoms with van der Waals surface area (Å²) in [5.41, 5.74) is 0. The van der Waals surface area contributed by atoms with Crippen molar-refractivity contribution in [3.8, 4) is 0 Å². The van der Waals surface area contributed by atoms with Gasteiger partial charge < -0.3 is 33.8 Å². The lowest BCUT2D eigenvalue weighted by atomic mass is 9.99. The molecule has 0 heterocycles. The zero-order chi connectivity index (χ0) is 68.6. The Morgan fingerprint density at radius 2 is 0.516 bits per heavy atom. The molecule has 0 rings (SSSR count). The van der Waals surface area contributed by atoms with E-state index in [0.29, 0.717) is 25.7 Å². The molecule has 0 aromatic carbocycles. The number of hydrogen-bond acceptors (Lipinski definition) is 15. The maximum absolute atomic E-state index is 13.1. The van der Waals surface area contributed by atoms with Crippen LogP contribution in [0.3, 0.4) is 0 Å². The largest absolute Gasteiger partial charge is 0.472 e. The summed E-state index contributed by atoms with van der Waals surface area (Å²) >= 11 is 0. The lowest BCUT2D eigenvalue weighted by molar-refractivity contribution is -0.161. The molecule has 0 aliphatic rings. The van der Waals surface area contributed by atoms with Crippen molar-refractivity contribution in [2.75, 3.05) is 39.6 Å². The molecule has 93 heavy (non-hydrogen) atoms. The third-order valence-electron chi connectivity index (χ3n) is 17.9. The monoisotopic (exact) mass is 1370 g/mol. The standard InChI is InChI=1S/C74H144O17P2/c1-7-11-13-15-17-19-21-22-23-24-25-26-27-28-29-31-40-46-52-58-73(78)90-69(63-85-72(77)57-51-45-39-34-32-36-42-48-54-66(5)9-3)64-88-92(80,81)86-60-68(75)61-87-93(82,83)89-65-70(62-84-71(76)56-50-44-38-30-20-18-16-14-12-8-2)91-74(79)59-53-47-41-35-33-37-43-49-55-67(6)10-4/h66-70,75H,7-65H2,1-6H3,(H,80,81)(H,82,83)/t66?,67?,68-,69-,70-/m1/s1. The number of phosphoric acid groups is 2. The van der Waals surface area contributed by atoms with Crippen molar-refractivity contribution in [1.82, 2.24) is 0 Å². The van der Waals surface area contributed by atoms with Crippen LogP contribution in [0, 0.1) is 11.8 Å². The van der Waals surface area contributed by atoms with Gasteiger partial charge in [0.05, 0.1) is 26.4 Å². The van der Waals surface area contributed by atoms with Crippen LogP contribution in [0.1, 0.15) is 382 Å². The van der Waals surface area contributed by atoms with Gasteiger partial charge in [0.1, 0.15) is 19.3 Å². The second kappa shape index (κ2) is 66.0. The van der Waals surface area contributed by atoms with Crippen molar-refractivity contribution in [2.45, 2.75) is 400 Å². The molecular formula is C74H144O17P2. The fraction of sp³-hybridized carbons (Fsp3) is 0.946. The van der Waals surface area contributed by atoms with Crippen molar-refractivity contribution < 1.29 is 80.2 Å². The van der Waals surface area contributed by atoms with Crippen LogP contribution in [-0.2, 0) is 65.4 Å². The SMILES string of the molecule is CCCCCCCCCCCCCCCCCCCCCC(=O)O[C@H](COC(=O)CCCCCCCCCCC(C)CC)COP(=O)(O)OC[C@@H](O)COP(=O)(O)OC[C@@H](COC(=O)CCCCCCCCCCCC)OC(=O)CCCCCCCCCCC(C)CC. The van der Waals surface area contributed by atoms with Gasteiger partial charge in [-0.25, -0.2) is 9.13 Å². The van der Waals surface area contributed by atoms with Gasteiger partial charge in [-0.3, -0.25) is 37.3 Å². The number of unbranched alkanes of at least 4 members (excludes halogenated alkanes) is 41. The number of phosphoric ester groups is 2. The van der Waals surface area contributed by atoms with E-state index in [-0.39, 0.29) is 25.7 Å². The Morgan fingerprint density at radius 1 is 0.301 bits per heavy atom. The first-order chi connectivity index (χ1) is 44.9. The van der Waals surface area contributed by atoms with Crippen molar-refractivity contribution >= 4 is 39.5 Å². The summed E-state index contributed by atoms with van der Waals surface area (Å²) in [5.74, 6) is -0.573. The molecule has 0 saturated heterocycles. The molecule has 0 saturated carbocycles. The lowest BCUT2D eigenvalue weighted by Crippen LogP contribution is -2.30. The topological polar surface area (TPSA) is 237 Å². The molecule has 0 aliphatic heterocycles. The smallest absolute Gasteiger partial charge is 0.462 e. The van der Waals surface area contributed by atoms with E-state index in [2.05, 4.69) is 41.5 Å². The summed E-state index contributed by atoms with van der Waals surface area (Å²) < 4.78 is 68.4. The zero-order valence-electron chi connectivity index (χ0n) is 60.6. The minimum atomic E-state index is -4.96. The fourth-order valence-corrected chi connectivity index (χ4v) is 12.8. The van der Waals surface area contributed by atoms with E-state index in [4.69, 9.17) is 37.0 Å². The number of rotatable bonds is 73. The van der Waals surface area contributed by atoms with Crippen LogP contribution in [-0.4, -0.2) is 96.7 Å². The second-order valence-electron chi connectivity index (χ2n) is 27.2. The summed E-state index contributed by atoms with van der Waals surface area (Å²) in [4.78, 5) is 72.7. The van der Waals surface area contributed by atoms with Crippen molar-refractivity contribution in [2.24, 2.45) is 11.8 Å². The van der Waals surface area contributed by atoms with Crippen LogP contribution in [0.5, 0.6) is 0 Å². The maximum atomic E-state index is 13.1. The summed E-state index contributed by atoms with van der Waals surface area (Å²) in [5, 5.41) is 10.6. The van der Waals surface area contributed by atoms with Gasteiger partial charge in [-0.05, 0) is 37.5 Å². The van der Waals surface area contributed by atoms with Crippen LogP contribution in [0.25, 0.3) is 0 Å². The van der Waals surface area contributed by atoms with Crippen molar-refractivity contribution in [1.29, 1.82) is 0 Å². The maximum Gasteiger partial charge on any atom is 0.472 e. The second-order valence-corrected chi connectivity index (χ2v) is 30.1. The number of aliphatic hydroxyl groups excluding tert-OH is 1. The predicted octanol–water partition coefficient (Wildman–Crippen LogP) is 21.6. The van der Waals surface area contributed by atoms with Gasteiger partial charge in [-0.1, -0.05) is 330 Å². The number of ether oxygens (including phenoxy) is 4. The quantitative estimate of drug-likeness (QED) is 0.0222. The summed E-state index contributed by atoms with van der Waals surface area (Å²) in [6.07, 6.45) is 52.6. The summed E-state index contributed by atoms with van der Waals surface area (Å²) in [6, 6.07) is 0. The van der Waals surface area contributed by atoms with E-state index < -0.39 is 97.5 Å². The van der Waals surface area contributed by atoms with Gasteiger partial charge >= 0.3 is 39.5 Å². The molecular weight excluding hydrogens is 1220 g/mol. The van der Waals surface area contributed by atoms with E-state index in [1.807, 2.05) is 0 Å². The summed E-state index contributed by atoms with van der Waals surface area (Å²) in [6.45, 7) is 9.57. The number of carbonyl (C=O) groups is 4. The molecule has 0 aromatic rings. The predicted molar refractivity (Wildman–Crippen MR) is 377 cm³/mol. The number of esters is 4. The molecule has 0 aromatic heterocycles.